The fourth-order valence-corrected chi connectivity index (χ4v) is 4.20. The summed E-state index contributed by atoms with van der Waals surface area (Å²) in [6.45, 7) is 4.11. The van der Waals surface area contributed by atoms with Crippen LogP contribution in [0.3, 0.4) is 0 Å². The highest BCUT2D eigenvalue weighted by molar-refractivity contribution is 5.44. The van der Waals surface area contributed by atoms with E-state index in [1.165, 1.54) is 49.7 Å². The van der Waals surface area contributed by atoms with Gasteiger partial charge >= 0.3 is 0 Å². The number of hydrogen-bond donors (Lipinski definition) is 0. The number of hydrogen-bond acceptors (Lipinski definition) is 0. The van der Waals surface area contributed by atoms with Crippen LogP contribution in [0.5, 0.6) is 0 Å². The standard InChI is InChI=1S/C28H32/c1-3-5-6-7-8-24-15-19-27(20-16-24)28-21-17-26(18-22-28)14-13-25-11-9-23(4-2)10-12-25/h9-12,17-18,21-22,24,27H,4,6-8,15-16,19-20H2,1-2H3. The molecule has 0 saturated heterocycles. The molecule has 28 heavy (non-hydrogen) atoms. The van der Waals surface area contributed by atoms with E-state index in [-0.39, 0.29) is 0 Å². The molecular formula is C28H32. The maximum atomic E-state index is 3.31. The molecule has 0 amide bonds. The lowest BCUT2D eigenvalue weighted by molar-refractivity contribution is 0.306. The van der Waals surface area contributed by atoms with Gasteiger partial charge in [0.05, 0.1) is 0 Å². The van der Waals surface area contributed by atoms with Crippen molar-refractivity contribution in [3.63, 3.8) is 0 Å². The predicted molar refractivity (Wildman–Crippen MR) is 120 cm³/mol. The zero-order valence-electron chi connectivity index (χ0n) is 17.4. The molecule has 144 valence electrons. The molecule has 1 aliphatic rings. The van der Waals surface area contributed by atoms with Crippen LogP contribution in [0.4, 0.5) is 0 Å². The highest BCUT2D eigenvalue weighted by atomic mass is 14.3. The summed E-state index contributed by atoms with van der Waals surface area (Å²) in [7, 11) is 0. The van der Waals surface area contributed by atoms with Gasteiger partial charge in [0.25, 0.3) is 0 Å². The Morgan fingerprint density at radius 1 is 0.821 bits per heavy atom. The van der Waals surface area contributed by atoms with E-state index in [0.717, 1.165) is 35.8 Å². The van der Waals surface area contributed by atoms with Crippen LogP contribution >= 0.6 is 0 Å². The SMILES string of the molecule is CC#CCCCC1CCC(c2ccc(C#Cc3ccc(CC)cc3)cc2)CC1. The quantitative estimate of drug-likeness (QED) is 0.389. The van der Waals surface area contributed by atoms with E-state index in [1.807, 2.05) is 6.92 Å². The molecule has 0 radical (unpaired) electrons. The van der Waals surface area contributed by atoms with Gasteiger partial charge in [0.15, 0.2) is 0 Å². The second-order valence-electron chi connectivity index (χ2n) is 7.96. The fraction of sp³-hybridized carbons (Fsp3) is 0.429. The first-order chi connectivity index (χ1) is 13.8. The number of rotatable bonds is 5. The zero-order valence-corrected chi connectivity index (χ0v) is 17.4. The van der Waals surface area contributed by atoms with Crippen LogP contribution in [0.2, 0.25) is 0 Å². The van der Waals surface area contributed by atoms with E-state index in [2.05, 4.69) is 79.1 Å². The average Bonchev–Trinajstić information content (AvgIpc) is 2.76. The molecule has 0 aliphatic heterocycles. The maximum absolute atomic E-state index is 3.31. The summed E-state index contributed by atoms with van der Waals surface area (Å²) in [5, 5.41) is 0. The minimum absolute atomic E-state index is 0.732. The molecular weight excluding hydrogens is 336 g/mol. The zero-order chi connectivity index (χ0) is 19.6. The van der Waals surface area contributed by atoms with Gasteiger partial charge in [-0.15, -0.1) is 11.8 Å². The van der Waals surface area contributed by atoms with Crippen molar-refractivity contribution >= 4 is 0 Å². The number of benzene rings is 2. The molecule has 0 heterocycles. The van der Waals surface area contributed by atoms with Crippen LogP contribution in [0.25, 0.3) is 0 Å². The van der Waals surface area contributed by atoms with E-state index < -0.39 is 0 Å². The third-order valence-electron chi connectivity index (χ3n) is 6.03. The van der Waals surface area contributed by atoms with Crippen molar-refractivity contribution in [2.75, 3.05) is 0 Å². The van der Waals surface area contributed by atoms with Gasteiger partial charge in [-0.05, 0) is 99.1 Å². The summed E-state index contributed by atoms with van der Waals surface area (Å²) in [6, 6.07) is 17.6. The van der Waals surface area contributed by atoms with Gasteiger partial charge in [0, 0.05) is 17.5 Å². The summed E-state index contributed by atoms with van der Waals surface area (Å²) >= 11 is 0. The maximum Gasteiger partial charge on any atom is 0.0249 e. The molecule has 1 aliphatic carbocycles. The van der Waals surface area contributed by atoms with Crippen molar-refractivity contribution in [3.05, 3.63) is 70.8 Å². The van der Waals surface area contributed by atoms with Crippen molar-refractivity contribution in [2.24, 2.45) is 5.92 Å². The molecule has 0 bridgehead atoms. The summed E-state index contributed by atoms with van der Waals surface area (Å²) in [4.78, 5) is 0. The Labute approximate surface area is 171 Å². The Hall–Kier alpha value is -2.44. The molecule has 0 heteroatoms. The topological polar surface area (TPSA) is 0 Å². The first kappa shape index (κ1) is 20.3. The van der Waals surface area contributed by atoms with Crippen LogP contribution < -0.4 is 0 Å². The van der Waals surface area contributed by atoms with E-state index in [0.29, 0.717) is 0 Å². The first-order valence-electron chi connectivity index (χ1n) is 10.9. The minimum atomic E-state index is 0.732. The lowest BCUT2D eigenvalue weighted by Gasteiger charge is -2.28. The summed E-state index contributed by atoms with van der Waals surface area (Å²) in [5.41, 5.74) is 5.05. The lowest BCUT2D eigenvalue weighted by atomic mass is 9.77. The second-order valence-corrected chi connectivity index (χ2v) is 7.96. The van der Waals surface area contributed by atoms with Crippen molar-refractivity contribution in [3.8, 4) is 23.7 Å². The molecule has 2 aromatic rings. The second kappa shape index (κ2) is 10.8. The normalized spacial score (nSPS) is 18.5. The van der Waals surface area contributed by atoms with Gasteiger partial charge in [0.1, 0.15) is 0 Å². The lowest BCUT2D eigenvalue weighted by Crippen LogP contribution is -2.13. The predicted octanol–water partition coefficient (Wildman–Crippen LogP) is 7.12. The molecule has 0 spiro atoms. The van der Waals surface area contributed by atoms with Gasteiger partial charge in [-0.2, -0.15) is 0 Å². The van der Waals surface area contributed by atoms with Crippen LogP contribution in [-0.4, -0.2) is 0 Å². The Balaban J connectivity index is 1.51. The highest BCUT2D eigenvalue weighted by Gasteiger charge is 2.21. The largest absolute Gasteiger partial charge is 0.107 e. The molecule has 0 aromatic heterocycles. The number of unbranched alkanes of at least 4 members (excludes halogenated alkanes) is 1. The first-order valence-corrected chi connectivity index (χ1v) is 10.9. The molecule has 0 unspecified atom stereocenters. The van der Waals surface area contributed by atoms with Crippen LogP contribution in [0, 0.1) is 29.6 Å². The van der Waals surface area contributed by atoms with Crippen molar-refractivity contribution in [1.82, 2.24) is 0 Å². The van der Waals surface area contributed by atoms with Crippen LogP contribution in [0.15, 0.2) is 48.5 Å². The molecule has 3 rings (SSSR count). The minimum Gasteiger partial charge on any atom is -0.107 e. The monoisotopic (exact) mass is 368 g/mol. The van der Waals surface area contributed by atoms with Crippen LogP contribution in [0.1, 0.15) is 87.0 Å². The molecule has 1 saturated carbocycles. The number of aryl methyl sites for hydroxylation is 1. The van der Waals surface area contributed by atoms with Gasteiger partial charge < -0.3 is 0 Å². The summed E-state index contributed by atoms with van der Waals surface area (Å²) in [6.07, 6.45) is 10.2. The molecule has 2 aromatic carbocycles. The Morgan fingerprint density at radius 2 is 1.43 bits per heavy atom. The van der Waals surface area contributed by atoms with E-state index in [1.54, 1.807) is 0 Å². The summed E-state index contributed by atoms with van der Waals surface area (Å²) in [5.74, 6) is 14.4. The van der Waals surface area contributed by atoms with Gasteiger partial charge in [-0.1, -0.05) is 43.0 Å². The van der Waals surface area contributed by atoms with E-state index in [9.17, 15) is 0 Å². The Morgan fingerprint density at radius 3 is 2.00 bits per heavy atom. The molecule has 0 nitrogen and oxygen atoms in total. The third-order valence-corrected chi connectivity index (χ3v) is 6.03. The van der Waals surface area contributed by atoms with Gasteiger partial charge in [0.2, 0.25) is 0 Å². The highest BCUT2D eigenvalue weighted by Crippen LogP contribution is 2.37. The Bertz CT molecular complexity index is 839. The third kappa shape index (κ3) is 6.04. The molecule has 0 atom stereocenters. The van der Waals surface area contributed by atoms with Crippen molar-refractivity contribution in [2.45, 2.75) is 71.1 Å². The van der Waals surface area contributed by atoms with Crippen LogP contribution in [-0.2, 0) is 6.42 Å². The van der Waals surface area contributed by atoms with Crippen molar-refractivity contribution in [1.29, 1.82) is 0 Å². The molecule has 1 fully saturated rings. The van der Waals surface area contributed by atoms with E-state index in [4.69, 9.17) is 0 Å². The average molecular weight is 369 g/mol. The summed E-state index contributed by atoms with van der Waals surface area (Å²) < 4.78 is 0. The van der Waals surface area contributed by atoms with E-state index >= 15 is 0 Å². The molecule has 0 N–H and O–H groups in total. The fourth-order valence-electron chi connectivity index (χ4n) is 4.20. The van der Waals surface area contributed by atoms with Gasteiger partial charge in [-0.3, -0.25) is 0 Å². The smallest absolute Gasteiger partial charge is 0.0249 e. The van der Waals surface area contributed by atoms with Gasteiger partial charge in [-0.25, -0.2) is 0 Å². The Kier molecular flexibility index (Phi) is 7.82. The van der Waals surface area contributed by atoms with Crippen molar-refractivity contribution < 1.29 is 0 Å².